The molecule has 3 rings (SSSR count). The molecule has 0 aromatic heterocycles. The van der Waals surface area contributed by atoms with E-state index >= 15 is 0 Å². The lowest BCUT2D eigenvalue weighted by Gasteiger charge is -2.25. The summed E-state index contributed by atoms with van der Waals surface area (Å²) in [7, 11) is 0. The number of nitrogens with one attached hydrogen (secondary N) is 1. The van der Waals surface area contributed by atoms with E-state index in [1.165, 1.54) is 27.9 Å². The Labute approximate surface area is 121 Å². The summed E-state index contributed by atoms with van der Waals surface area (Å²) in [6, 6.07) is 15.6. The second kappa shape index (κ2) is 5.68. The quantitative estimate of drug-likeness (QED) is 0.896. The van der Waals surface area contributed by atoms with Gasteiger partial charge in [-0.2, -0.15) is 0 Å². The molecule has 2 heteroatoms. The van der Waals surface area contributed by atoms with E-state index in [0.717, 1.165) is 26.2 Å². The first-order valence-corrected chi connectivity index (χ1v) is 7.33. The molecule has 0 aliphatic carbocycles. The Morgan fingerprint density at radius 3 is 2.60 bits per heavy atom. The van der Waals surface area contributed by atoms with Crippen LogP contribution < -0.4 is 10.2 Å². The second-order valence-corrected chi connectivity index (χ2v) is 5.72. The Hall–Kier alpha value is -1.80. The molecule has 0 bridgehead atoms. The Morgan fingerprint density at radius 2 is 1.80 bits per heavy atom. The minimum Gasteiger partial charge on any atom is -0.366 e. The van der Waals surface area contributed by atoms with E-state index in [4.69, 9.17) is 0 Å². The van der Waals surface area contributed by atoms with Crippen LogP contribution in [0, 0.1) is 13.8 Å². The van der Waals surface area contributed by atoms with E-state index in [-0.39, 0.29) is 0 Å². The molecule has 0 spiro atoms. The summed E-state index contributed by atoms with van der Waals surface area (Å²) in [6.07, 6.45) is 0. The molecule has 20 heavy (non-hydrogen) atoms. The van der Waals surface area contributed by atoms with Crippen LogP contribution in [0.3, 0.4) is 0 Å². The van der Waals surface area contributed by atoms with Crippen molar-refractivity contribution in [2.45, 2.75) is 26.9 Å². The standard InChI is InChI=1S/C18H22N2/c1-14-9-15(2)11-16(10-14)13-20-8-7-19-12-17-5-3-4-6-18(17)20/h3-6,9-11,19H,7-8,12-13H2,1-2H3. The van der Waals surface area contributed by atoms with Crippen molar-refractivity contribution in [3.8, 4) is 0 Å². The predicted molar refractivity (Wildman–Crippen MR) is 85.1 cm³/mol. The van der Waals surface area contributed by atoms with Crippen molar-refractivity contribution in [3.63, 3.8) is 0 Å². The van der Waals surface area contributed by atoms with E-state index in [1.54, 1.807) is 0 Å². The number of benzene rings is 2. The average molecular weight is 266 g/mol. The van der Waals surface area contributed by atoms with Crippen LogP contribution in [-0.2, 0) is 13.1 Å². The average Bonchev–Trinajstić information content (AvgIpc) is 2.61. The molecule has 0 amide bonds. The first-order valence-electron chi connectivity index (χ1n) is 7.33. The lowest BCUT2D eigenvalue weighted by atomic mass is 10.1. The third kappa shape index (κ3) is 2.86. The summed E-state index contributed by atoms with van der Waals surface area (Å²) < 4.78 is 0. The zero-order chi connectivity index (χ0) is 13.9. The van der Waals surface area contributed by atoms with Gasteiger partial charge in [0.2, 0.25) is 0 Å². The van der Waals surface area contributed by atoms with Crippen molar-refractivity contribution in [1.29, 1.82) is 0 Å². The molecule has 104 valence electrons. The van der Waals surface area contributed by atoms with Gasteiger partial charge in [0, 0.05) is 31.9 Å². The van der Waals surface area contributed by atoms with Crippen molar-refractivity contribution in [2.75, 3.05) is 18.0 Å². The number of aryl methyl sites for hydroxylation is 2. The Morgan fingerprint density at radius 1 is 1.05 bits per heavy atom. The molecule has 0 unspecified atom stereocenters. The predicted octanol–water partition coefficient (Wildman–Crippen LogP) is 3.41. The van der Waals surface area contributed by atoms with Gasteiger partial charge in [0.05, 0.1) is 0 Å². The maximum absolute atomic E-state index is 3.50. The number of para-hydroxylation sites is 1. The first-order chi connectivity index (χ1) is 9.72. The molecule has 2 aromatic carbocycles. The number of anilines is 1. The molecule has 2 aromatic rings. The summed E-state index contributed by atoms with van der Waals surface area (Å²) >= 11 is 0. The topological polar surface area (TPSA) is 15.3 Å². The summed E-state index contributed by atoms with van der Waals surface area (Å²) in [5, 5.41) is 3.50. The fourth-order valence-corrected chi connectivity index (χ4v) is 3.07. The molecule has 0 atom stereocenters. The van der Waals surface area contributed by atoms with E-state index in [0.29, 0.717) is 0 Å². The molecular weight excluding hydrogens is 244 g/mol. The second-order valence-electron chi connectivity index (χ2n) is 5.72. The first kappa shape index (κ1) is 13.2. The zero-order valence-electron chi connectivity index (χ0n) is 12.3. The van der Waals surface area contributed by atoms with Crippen LogP contribution in [0.1, 0.15) is 22.3 Å². The molecule has 0 radical (unpaired) electrons. The number of hydrogen-bond donors (Lipinski definition) is 1. The Bertz CT molecular complexity index is 584. The lowest BCUT2D eigenvalue weighted by molar-refractivity contribution is 0.688. The van der Waals surface area contributed by atoms with E-state index in [9.17, 15) is 0 Å². The van der Waals surface area contributed by atoms with Crippen LogP contribution in [0.2, 0.25) is 0 Å². The van der Waals surface area contributed by atoms with Crippen LogP contribution >= 0.6 is 0 Å². The highest BCUT2D eigenvalue weighted by Crippen LogP contribution is 2.24. The normalized spacial score (nSPS) is 14.8. The monoisotopic (exact) mass is 266 g/mol. The van der Waals surface area contributed by atoms with E-state index in [2.05, 4.69) is 66.5 Å². The Kier molecular flexibility index (Phi) is 3.75. The van der Waals surface area contributed by atoms with Gasteiger partial charge in [-0.05, 0) is 31.0 Å². The number of hydrogen-bond acceptors (Lipinski definition) is 2. The van der Waals surface area contributed by atoms with Gasteiger partial charge in [0.25, 0.3) is 0 Å². The molecule has 0 saturated heterocycles. The van der Waals surface area contributed by atoms with E-state index in [1.807, 2.05) is 0 Å². The van der Waals surface area contributed by atoms with Crippen molar-refractivity contribution in [1.82, 2.24) is 5.32 Å². The smallest absolute Gasteiger partial charge is 0.0430 e. The molecule has 2 nitrogen and oxygen atoms in total. The molecule has 1 aliphatic rings. The van der Waals surface area contributed by atoms with Gasteiger partial charge in [0.15, 0.2) is 0 Å². The molecule has 0 fully saturated rings. The maximum atomic E-state index is 3.50. The fourth-order valence-electron chi connectivity index (χ4n) is 3.07. The summed E-state index contributed by atoms with van der Waals surface area (Å²) in [5.74, 6) is 0. The molecular formula is C18H22N2. The molecule has 0 saturated carbocycles. The zero-order valence-corrected chi connectivity index (χ0v) is 12.3. The van der Waals surface area contributed by atoms with Crippen LogP contribution in [0.5, 0.6) is 0 Å². The van der Waals surface area contributed by atoms with Crippen LogP contribution in [-0.4, -0.2) is 13.1 Å². The molecule has 1 aliphatic heterocycles. The van der Waals surface area contributed by atoms with E-state index < -0.39 is 0 Å². The van der Waals surface area contributed by atoms with Crippen LogP contribution in [0.25, 0.3) is 0 Å². The summed E-state index contributed by atoms with van der Waals surface area (Å²) in [6.45, 7) is 8.41. The summed E-state index contributed by atoms with van der Waals surface area (Å²) in [5.41, 5.74) is 6.87. The minimum atomic E-state index is 0.972. The SMILES string of the molecule is Cc1cc(C)cc(CN2CCNCc3ccccc32)c1. The largest absolute Gasteiger partial charge is 0.366 e. The van der Waals surface area contributed by atoms with Gasteiger partial charge in [-0.15, -0.1) is 0 Å². The molecule has 1 N–H and O–H groups in total. The van der Waals surface area contributed by atoms with Gasteiger partial charge in [-0.1, -0.05) is 47.5 Å². The lowest BCUT2D eigenvalue weighted by Crippen LogP contribution is -2.28. The van der Waals surface area contributed by atoms with Crippen molar-refractivity contribution in [3.05, 3.63) is 64.7 Å². The van der Waals surface area contributed by atoms with Gasteiger partial charge >= 0.3 is 0 Å². The Balaban J connectivity index is 1.90. The van der Waals surface area contributed by atoms with Crippen LogP contribution in [0.4, 0.5) is 5.69 Å². The third-order valence-corrected chi connectivity index (χ3v) is 3.86. The minimum absolute atomic E-state index is 0.972. The van der Waals surface area contributed by atoms with Gasteiger partial charge < -0.3 is 10.2 Å². The number of nitrogens with zero attached hydrogens (tertiary/aromatic N) is 1. The van der Waals surface area contributed by atoms with Crippen molar-refractivity contribution >= 4 is 5.69 Å². The van der Waals surface area contributed by atoms with Gasteiger partial charge in [-0.3, -0.25) is 0 Å². The van der Waals surface area contributed by atoms with Crippen molar-refractivity contribution < 1.29 is 0 Å². The number of rotatable bonds is 2. The third-order valence-electron chi connectivity index (χ3n) is 3.86. The number of fused-ring (bicyclic) bond motifs is 1. The van der Waals surface area contributed by atoms with Gasteiger partial charge in [-0.25, -0.2) is 0 Å². The van der Waals surface area contributed by atoms with Crippen molar-refractivity contribution in [2.24, 2.45) is 0 Å². The fraction of sp³-hybridized carbons (Fsp3) is 0.333. The molecule has 1 heterocycles. The highest BCUT2D eigenvalue weighted by Gasteiger charge is 2.14. The maximum Gasteiger partial charge on any atom is 0.0430 e. The summed E-state index contributed by atoms with van der Waals surface area (Å²) in [4.78, 5) is 2.49. The van der Waals surface area contributed by atoms with Gasteiger partial charge in [0.1, 0.15) is 0 Å². The van der Waals surface area contributed by atoms with Crippen LogP contribution in [0.15, 0.2) is 42.5 Å². The highest BCUT2D eigenvalue weighted by atomic mass is 15.2. The highest BCUT2D eigenvalue weighted by molar-refractivity contribution is 5.55.